The van der Waals surface area contributed by atoms with Crippen molar-refractivity contribution in [2.45, 2.75) is 37.2 Å². The van der Waals surface area contributed by atoms with E-state index in [-0.39, 0.29) is 24.0 Å². The van der Waals surface area contributed by atoms with Crippen molar-refractivity contribution in [1.82, 2.24) is 4.90 Å². The molecule has 6 nitrogen and oxygen atoms in total. The van der Waals surface area contributed by atoms with Crippen LogP contribution in [-0.4, -0.2) is 47.5 Å². The minimum absolute atomic E-state index is 0.0250. The second kappa shape index (κ2) is 11.2. The fourth-order valence-electron chi connectivity index (χ4n) is 4.35. The third-order valence-electron chi connectivity index (χ3n) is 6.74. The first kappa shape index (κ1) is 26.5. The Morgan fingerprint density at radius 1 is 0.892 bits per heavy atom. The number of nitrogens with zero attached hydrogens (tertiary/aromatic N) is 1. The zero-order valence-electron chi connectivity index (χ0n) is 21.5. The molecule has 1 aliphatic rings. The molecule has 3 aromatic carbocycles. The Morgan fingerprint density at radius 2 is 1.57 bits per heavy atom. The van der Waals surface area contributed by atoms with Gasteiger partial charge in [-0.05, 0) is 69.0 Å². The number of likely N-dealkylation sites (tertiary alicyclic amines) is 1. The van der Waals surface area contributed by atoms with Gasteiger partial charge in [-0.3, -0.25) is 9.59 Å². The molecule has 37 heavy (non-hydrogen) atoms. The average Bonchev–Trinajstić information content (AvgIpc) is 3.34. The molecule has 0 aliphatic carbocycles. The fourth-order valence-corrected chi connectivity index (χ4v) is 4.76. The van der Waals surface area contributed by atoms with E-state index in [1.54, 1.807) is 60.8 Å². The van der Waals surface area contributed by atoms with E-state index in [2.05, 4.69) is 0 Å². The number of amides is 1. The third kappa shape index (κ3) is 6.23. The van der Waals surface area contributed by atoms with Gasteiger partial charge in [-0.2, -0.15) is 0 Å². The molecule has 7 heteroatoms. The number of hydrogen-bond acceptors (Lipinski definition) is 6. The Bertz CT molecular complexity index is 1270. The van der Waals surface area contributed by atoms with Gasteiger partial charge in [0.05, 0.1) is 0 Å². The first-order valence-electron chi connectivity index (χ1n) is 12.2. The molecule has 0 unspecified atom stereocenters. The number of ether oxygens (including phenoxy) is 2. The van der Waals surface area contributed by atoms with Crippen LogP contribution < -0.4 is 9.47 Å². The molecule has 0 spiro atoms. The van der Waals surface area contributed by atoms with Gasteiger partial charge >= 0.3 is 6.09 Å². The lowest BCUT2D eigenvalue weighted by molar-refractivity contribution is -0.129. The zero-order chi connectivity index (χ0) is 26.6. The highest BCUT2D eigenvalue weighted by Crippen LogP contribution is 2.37. The van der Waals surface area contributed by atoms with E-state index in [9.17, 15) is 14.4 Å². The number of carbonyl (C=O) groups is 3. The zero-order valence-corrected chi connectivity index (χ0v) is 22.3. The van der Waals surface area contributed by atoms with E-state index in [4.69, 9.17) is 9.47 Å². The number of hydrogen-bond donors (Lipinski definition) is 0. The van der Waals surface area contributed by atoms with Crippen molar-refractivity contribution >= 4 is 29.4 Å². The van der Waals surface area contributed by atoms with Gasteiger partial charge in [0.15, 0.2) is 17.2 Å². The molecule has 0 N–H and O–H groups in total. The number of carbonyl (C=O) groups excluding carboxylic acids is 3. The molecule has 0 radical (unpaired) electrons. The molecule has 1 heterocycles. The Kier molecular flexibility index (Phi) is 8.03. The largest absolute Gasteiger partial charge is 0.480 e. The van der Waals surface area contributed by atoms with Gasteiger partial charge in [-0.25, -0.2) is 4.79 Å². The molecule has 1 fully saturated rings. The second-order valence-corrected chi connectivity index (χ2v) is 10.5. The van der Waals surface area contributed by atoms with Crippen LogP contribution in [0.4, 0.5) is 4.79 Å². The van der Waals surface area contributed by atoms with Gasteiger partial charge in [-0.15, -0.1) is 11.8 Å². The van der Waals surface area contributed by atoms with Crippen LogP contribution in [0.3, 0.4) is 0 Å². The summed E-state index contributed by atoms with van der Waals surface area (Å²) in [6, 6.07) is 23.9. The maximum Gasteiger partial charge on any atom is 0.415 e. The highest BCUT2D eigenvalue weighted by Gasteiger charge is 2.41. The summed E-state index contributed by atoms with van der Waals surface area (Å²) >= 11 is 1.61. The molecule has 2 atom stereocenters. The number of ketones is 2. The molecular formula is C30H31NO5S. The van der Waals surface area contributed by atoms with E-state index in [1.807, 2.05) is 54.8 Å². The number of rotatable bonds is 8. The fraction of sp³-hybridized carbons (Fsp3) is 0.300. The van der Waals surface area contributed by atoms with Crippen LogP contribution in [-0.2, 0) is 4.79 Å². The van der Waals surface area contributed by atoms with Crippen LogP contribution in [0.15, 0.2) is 83.8 Å². The highest BCUT2D eigenvalue weighted by atomic mass is 32.2. The summed E-state index contributed by atoms with van der Waals surface area (Å²) in [5, 5.41) is 0. The minimum Gasteiger partial charge on any atom is -0.480 e. The van der Waals surface area contributed by atoms with Crippen molar-refractivity contribution in [3.63, 3.8) is 0 Å². The molecule has 192 valence electrons. The van der Waals surface area contributed by atoms with Crippen LogP contribution >= 0.6 is 11.8 Å². The Hall–Kier alpha value is -3.58. The van der Waals surface area contributed by atoms with Crippen LogP contribution in [0, 0.1) is 5.92 Å². The molecule has 1 saturated heterocycles. The Labute approximate surface area is 222 Å². The van der Waals surface area contributed by atoms with Gasteiger partial charge in [0.1, 0.15) is 11.5 Å². The number of benzene rings is 3. The van der Waals surface area contributed by atoms with Gasteiger partial charge in [0, 0.05) is 35.4 Å². The number of Topliss-reactive ketones (excluding diaryl/α,β-unsaturated/α-hetero) is 2. The molecule has 0 aromatic heterocycles. The predicted molar refractivity (Wildman–Crippen MR) is 145 cm³/mol. The summed E-state index contributed by atoms with van der Waals surface area (Å²) in [7, 11) is 0. The number of thioether (sulfide) groups is 1. The Morgan fingerprint density at radius 3 is 2.22 bits per heavy atom. The van der Waals surface area contributed by atoms with Crippen LogP contribution in [0.5, 0.6) is 11.5 Å². The van der Waals surface area contributed by atoms with Crippen molar-refractivity contribution in [3.8, 4) is 11.5 Å². The summed E-state index contributed by atoms with van der Waals surface area (Å²) < 4.78 is 11.6. The quantitative estimate of drug-likeness (QED) is 0.260. The predicted octanol–water partition coefficient (Wildman–Crippen LogP) is 6.25. The third-order valence-corrected chi connectivity index (χ3v) is 7.49. The van der Waals surface area contributed by atoms with Gasteiger partial charge in [-0.1, -0.05) is 42.5 Å². The van der Waals surface area contributed by atoms with Crippen LogP contribution in [0.25, 0.3) is 0 Å². The normalized spacial score (nSPS) is 17.4. The summed E-state index contributed by atoms with van der Waals surface area (Å²) in [5.41, 5.74) is 0.496. The first-order valence-corrected chi connectivity index (χ1v) is 13.4. The van der Waals surface area contributed by atoms with E-state index in [1.165, 1.54) is 6.92 Å². The topological polar surface area (TPSA) is 72.9 Å². The Balaban J connectivity index is 1.63. The van der Waals surface area contributed by atoms with Crippen molar-refractivity contribution < 1.29 is 23.9 Å². The smallest absolute Gasteiger partial charge is 0.415 e. The summed E-state index contributed by atoms with van der Waals surface area (Å²) in [6.45, 7) is 5.51. The van der Waals surface area contributed by atoms with E-state index < -0.39 is 17.6 Å². The minimum atomic E-state index is -0.978. The van der Waals surface area contributed by atoms with Crippen LogP contribution in [0.2, 0.25) is 0 Å². The highest BCUT2D eigenvalue weighted by molar-refractivity contribution is 7.98. The lowest BCUT2D eigenvalue weighted by Crippen LogP contribution is -2.36. The maximum atomic E-state index is 13.7. The van der Waals surface area contributed by atoms with Gasteiger partial charge in [0.25, 0.3) is 0 Å². The lowest BCUT2D eigenvalue weighted by Gasteiger charge is -2.24. The van der Waals surface area contributed by atoms with Gasteiger partial charge < -0.3 is 14.4 Å². The SMILES string of the molecule is CSc1ccc(C(=O)[C@@H]2CN(C(=O)Oc3ccccc3)C[C@H]2c2cccc(OC(C)(C)C(C)=O)c2)cc1. The molecule has 0 saturated carbocycles. The van der Waals surface area contributed by atoms with Crippen molar-refractivity contribution in [3.05, 3.63) is 90.0 Å². The lowest BCUT2D eigenvalue weighted by atomic mass is 9.84. The molecule has 0 bridgehead atoms. The van der Waals surface area contributed by atoms with E-state index in [0.717, 1.165) is 10.5 Å². The van der Waals surface area contributed by atoms with Gasteiger partial charge in [0.2, 0.25) is 0 Å². The monoisotopic (exact) mass is 517 g/mol. The summed E-state index contributed by atoms with van der Waals surface area (Å²) in [6.07, 6.45) is 1.50. The molecule has 4 rings (SSSR count). The standard InChI is InChI=1S/C30H31NO5S/c1-20(32)30(2,3)36-24-12-8-9-22(17-24)26-18-31(29(34)35-23-10-6-5-7-11-23)19-27(26)28(33)21-13-15-25(37-4)16-14-21/h5-17,26-27H,18-19H2,1-4H3/t26-,27+/m0/s1. The van der Waals surface area contributed by atoms with E-state index >= 15 is 0 Å². The van der Waals surface area contributed by atoms with E-state index in [0.29, 0.717) is 23.6 Å². The average molecular weight is 518 g/mol. The first-order chi connectivity index (χ1) is 17.7. The molecule has 3 aromatic rings. The molecule has 1 aliphatic heterocycles. The summed E-state index contributed by atoms with van der Waals surface area (Å²) in [4.78, 5) is 41.4. The van der Waals surface area contributed by atoms with Crippen molar-refractivity contribution in [2.75, 3.05) is 19.3 Å². The number of para-hydroxylation sites is 1. The van der Waals surface area contributed by atoms with Crippen molar-refractivity contribution in [1.29, 1.82) is 0 Å². The molecular weight excluding hydrogens is 486 g/mol. The van der Waals surface area contributed by atoms with Crippen LogP contribution in [0.1, 0.15) is 42.6 Å². The second-order valence-electron chi connectivity index (χ2n) is 9.63. The summed E-state index contributed by atoms with van der Waals surface area (Å²) in [5.74, 6) is 0.157. The van der Waals surface area contributed by atoms with Crippen molar-refractivity contribution in [2.24, 2.45) is 5.92 Å². The maximum absolute atomic E-state index is 13.7. The molecule has 1 amide bonds.